The number of carbonyl (C=O) groups excluding carboxylic acids is 1. The van der Waals surface area contributed by atoms with Gasteiger partial charge in [-0.25, -0.2) is 5.43 Å². The smallest absolute Gasteiger partial charge is 0.254 e. The van der Waals surface area contributed by atoms with Crippen LogP contribution in [0.2, 0.25) is 0 Å². The highest BCUT2D eigenvalue weighted by molar-refractivity contribution is 5.95. The molecule has 6 rings (SSSR count). The van der Waals surface area contributed by atoms with Crippen molar-refractivity contribution in [3.8, 4) is 5.75 Å². The molecule has 1 saturated carbocycles. The molecule has 1 saturated heterocycles. The van der Waals surface area contributed by atoms with Gasteiger partial charge in [0.15, 0.2) is 0 Å². The second kappa shape index (κ2) is 11.3. The maximum absolute atomic E-state index is 13.2. The second-order valence-corrected chi connectivity index (χ2v) is 11.0. The number of likely N-dealkylation sites (N-methyl/N-ethyl adjacent to an activating group) is 1. The quantitative estimate of drug-likeness (QED) is 0.410. The number of nitrogens with zero attached hydrogens (tertiary/aromatic N) is 6. The topological polar surface area (TPSA) is 105 Å². The first-order valence-electron chi connectivity index (χ1n) is 14.2. The first-order valence-corrected chi connectivity index (χ1v) is 14.2. The molecule has 40 heavy (non-hydrogen) atoms. The van der Waals surface area contributed by atoms with Crippen LogP contribution >= 0.6 is 0 Å². The first kappa shape index (κ1) is 26.3. The van der Waals surface area contributed by atoms with E-state index >= 15 is 0 Å². The van der Waals surface area contributed by atoms with Crippen LogP contribution in [0.1, 0.15) is 48.0 Å². The molecule has 2 fully saturated rings. The Kier molecular flexibility index (Phi) is 7.44. The summed E-state index contributed by atoms with van der Waals surface area (Å²) in [7, 11) is 5.65. The van der Waals surface area contributed by atoms with E-state index in [1.54, 1.807) is 7.11 Å². The van der Waals surface area contributed by atoms with Crippen molar-refractivity contribution in [3.05, 3.63) is 59.3 Å². The van der Waals surface area contributed by atoms with Crippen LogP contribution in [-0.2, 0) is 7.05 Å². The molecule has 0 atom stereocenters. The molecular formula is C28H40N10O2. The van der Waals surface area contributed by atoms with Crippen molar-refractivity contribution >= 4 is 17.3 Å². The maximum Gasteiger partial charge on any atom is 0.254 e. The summed E-state index contributed by atoms with van der Waals surface area (Å²) in [4.78, 5) is 17.3. The van der Waals surface area contributed by atoms with Crippen molar-refractivity contribution in [2.75, 3.05) is 52.4 Å². The Balaban J connectivity index is 1.24. The van der Waals surface area contributed by atoms with Gasteiger partial charge in [0.1, 0.15) is 18.1 Å². The van der Waals surface area contributed by atoms with Gasteiger partial charge in [0, 0.05) is 56.6 Å². The van der Waals surface area contributed by atoms with Crippen molar-refractivity contribution in [2.45, 2.75) is 38.1 Å². The van der Waals surface area contributed by atoms with Gasteiger partial charge in [-0.3, -0.25) is 35.8 Å². The molecule has 12 nitrogen and oxygen atoms in total. The lowest BCUT2D eigenvalue weighted by Crippen LogP contribution is -2.52. The molecule has 3 aliphatic heterocycles. The van der Waals surface area contributed by atoms with Crippen LogP contribution < -0.4 is 26.4 Å². The first-order chi connectivity index (χ1) is 19.5. The molecule has 1 aromatic carbocycles. The van der Waals surface area contributed by atoms with Gasteiger partial charge in [-0.2, -0.15) is 5.10 Å². The highest BCUT2D eigenvalue weighted by Crippen LogP contribution is 2.33. The van der Waals surface area contributed by atoms with Crippen LogP contribution in [0.25, 0.3) is 5.70 Å². The highest BCUT2D eigenvalue weighted by atomic mass is 16.5. The minimum Gasteiger partial charge on any atom is -0.494 e. The number of hydrogen-bond donors (Lipinski definition) is 4. The Hall–Kier alpha value is -3.90. The van der Waals surface area contributed by atoms with Crippen molar-refractivity contribution in [3.63, 3.8) is 0 Å². The number of methoxy groups -OCH3 is 1. The molecule has 4 aliphatic rings. The van der Waals surface area contributed by atoms with Crippen LogP contribution in [0, 0.1) is 0 Å². The number of hydrazine groups is 3. The van der Waals surface area contributed by atoms with Gasteiger partial charge in [0.05, 0.1) is 36.6 Å². The van der Waals surface area contributed by atoms with Crippen LogP contribution in [-0.4, -0.2) is 88.6 Å². The summed E-state index contributed by atoms with van der Waals surface area (Å²) < 4.78 is 7.54. The molecule has 1 amide bonds. The number of carbonyl (C=O) groups is 1. The van der Waals surface area contributed by atoms with Gasteiger partial charge in [0.25, 0.3) is 5.91 Å². The van der Waals surface area contributed by atoms with E-state index in [9.17, 15) is 4.79 Å². The number of nitrogens with one attached hydrogen (secondary N) is 4. The van der Waals surface area contributed by atoms with E-state index in [1.807, 2.05) is 58.4 Å². The average molecular weight is 549 g/mol. The molecule has 0 spiro atoms. The third-order valence-corrected chi connectivity index (χ3v) is 8.10. The Labute approximate surface area is 235 Å². The van der Waals surface area contributed by atoms with Crippen molar-refractivity contribution in [2.24, 2.45) is 7.05 Å². The highest BCUT2D eigenvalue weighted by Gasteiger charge is 2.33. The molecule has 4 N–H and O–H groups in total. The predicted molar refractivity (Wildman–Crippen MR) is 153 cm³/mol. The van der Waals surface area contributed by atoms with Crippen LogP contribution in [0.15, 0.2) is 48.2 Å². The number of rotatable bonds is 7. The molecule has 1 aromatic heterocycles. The van der Waals surface area contributed by atoms with E-state index < -0.39 is 0 Å². The van der Waals surface area contributed by atoms with Gasteiger partial charge in [-0.05, 0) is 38.1 Å². The van der Waals surface area contributed by atoms with E-state index in [2.05, 4.69) is 43.8 Å². The second-order valence-electron chi connectivity index (χ2n) is 11.0. The zero-order valence-electron chi connectivity index (χ0n) is 23.6. The third kappa shape index (κ3) is 5.41. The van der Waals surface area contributed by atoms with Gasteiger partial charge in [-0.15, -0.1) is 0 Å². The number of anilines is 1. The normalized spacial score (nSPS) is 20.2. The number of aryl methyl sites for hydroxylation is 1. The summed E-state index contributed by atoms with van der Waals surface area (Å²) in [6.07, 6.45) is 12.1. The SMILES string of the molecule is COc1cc(C(=O)N2CCN(C)CC2)ccc1NN1C=C2NNC(c3cnn(C)c3)=C2N(NC2CCCCC2)C1. The molecule has 0 radical (unpaired) electrons. The van der Waals surface area contributed by atoms with Crippen molar-refractivity contribution in [1.82, 2.24) is 45.9 Å². The largest absolute Gasteiger partial charge is 0.494 e. The third-order valence-electron chi connectivity index (χ3n) is 8.10. The van der Waals surface area contributed by atoms with E-state index in [0.29, 0.717) is 24.0 Å². The summed E-state index contributed by atoms with van der Waals surface area (Å²) in [6, 6.07) is 6.06. The number of ether oxygens (including phenoxy) is 1. The molecule has 2 aromatic rings. The summed E-state index contributed by atoms with van der Waals surface area (Å²) in [5.41, 5.74) is 19.5. The average Bonchev–Trinajstić information content (AvgIpc) is 3.60. The van der Waals surface area contributed by atoms with E-state index in [1.165, 1.54) is 19.3 Å². The summed E-state index contributed by atoms with van der Waals surface area (Å²) in [5.74, 6) is 0.667. The molecular weight excluding hydrogens is 508 g/mol. The maximum atomic E-state index is 13.2. The zero-order valence-corrected chi connectivity index (χ0v) is 23.6. The minimum absolute atomic E-state index is 0.0415. The predicted octanol–water partition coefficient (Wildman–Crippen LogP) is 1.87. The number of piperazine rings is 1. The lowest BCUT2D eigenvalue weighted by molar-refractivity contribution is 0.0664. The minimum atomic E-state index is 0.0415. The Morgan fingerprint density at radius 2 is 1.88 bits per heavy atom. The lowest BCUT2D eigenvalue weighted by atomic mass is 9.96. The van der Waals surface area contributed by atoms with Crippen LogP contribution in [0.5, 0.6) is 5.75 Å². The Bertz CT molecular complexity index is 1290. The number of fused-ring (bicyclic) bond motifs is 1. The molecule has 0 unspecified atom stereocenters. The fourth-order valence-electron chi connectivity index (χ4n) is 5.82. The summed E-state index contributed by atoms with van der Waals surface area (Å²) in [5, 5.41) is 8.61. The van der Waals surface area contributed by atoms with Crippen LogP contribution in [0.4, 0.5) is 5.69 Å². The molecule has 4 heterocycles. The van der Waals surface area contributed by atoms with E-state index in [4.69, 9.17) is 4.74 Å². The van der Waals surface area contributed by atoms with Crippen LogP contribution in [0.3, 0.4) is 0 Å². The molecule has 1 aliphatic carbocycles. The molecule has 214 valence electrons. The Morgan fingerprint density at radius 1 is 1.07 bits per heavy atom. The van der Waals surface area contributed by atoms with Crippen molar-refractivity contribution in [1.29, 1.82) is 0 Å². The summed E-state index contributed by atoms with van der Waals surface area (Å²) in [6.45, 7) is 3.81. The number of hydrogen-bond acceptors (Lipinski definition) is 10. The fraction of sp³-hybridized carbons (Fsp3) is 0.500. The fourth-order valence-corrected chi connectivity index (χ4v) is 5.82. The number of aromatic nitrogens is 2. The Morgan fingerprint density at radius 3 is 2.60 bits per heavy atom. The standard InChI is InChI=1S/C28H40N10O2/c1-34-11-13-36(14-12-34)28(39)20-9-10-23(25(15-20)40-3)33-37-18-24-27(26(31-30-24)21-16-29-35(2)17-21)38(19-37)32-22-7-5-4-6-8-22/h9-10,15-18,22,30-33H,4-8,11-14,19H2,1-3H3. The monoisotopic (exact) mass is 548 g/mol. The van der Waals surface area contributed by atoms with E-state index in [-0.39, 0.29) is 5.91 Å². The number of benzene rings is 1. The number of amides is 1. The van der Waals surface area contributed by atoms with Gasteiger partial charge in [0.2, 0.25) is 0 Å². The van der Waals surface area contributed by atoms with Gasteiger partial charge in [-0.1, -0.05) is 19.3 Å². The van der Waals surface area contributed by atoms with Crippen molar-refractivity contribution < 1.29 is 9.53 Å². The zero-order chi connectivity index (χ0) is 27.6. The lowest BCUT2D eigenvalue weighted by Gasteiger charge is -2.40. The summed E-state index contributed by atoms with van der Waals surface area (Å²) >= 11 is 0. The molecule has 0 bridgehead atoms. The molecule has 12 heteroatoms. The van der Waals surface area contributed by atoms with E-state index in [0.717, 1.165) is 67.4 Å². The van der Waals surface area contributed by atoms with Gasteiger partial charge >= 0.3 is 0 Å². The van der Waals surface area contributed by atoms with Gasteiger partial charge < -0.3 is 14.5 Å².